The van der Waals surface area contributed by atoms with Gasteiger partial charge in [-0.2, -0.15) is 4.39 Å². The Bertz CT molecular complexity index is 2020. The first kappa shape index (κ1) is 42.4. The predicted molar refractivity (Wildman–Crippen MR) is 196 cm³/mol. The number of anilines is 3. The van der Waals surface area contributed by atoms with E-state index in [4.69, 9.17) is 5.73 Å². The van der Waals surface area contributed by atoms with Gasteiger partial charge in [0, 0.05) is 23.5 Å². The van der Waals surface area contributed by atoms with Gasteiger partial charge < -0.3 is 15.8 Å². The summed E-state index contributed by atoms with van der Waals surface area (Å²) in [6.45, 7) is 4.17. The fraction of sp³-hybridized carbons (Fsp3) is 0.100. The molecular formula is C40H37F2KN4O4. The molecule has 8 nitrogen and oxygen atoms in total. The van der Waals surface area contributed by atoms with Crippen LogP contribution in [0.3, 0.4) is 0 Å². The van der Waals surface area contributed by atoms with Crippen LogP contribution >= 0.6 is 0 Å². The Morgan fingerprint density at radius 2 is 1.02 bits per heavy atom. The molecular weight excluding hydrogens is 678 g/mol. The Morgan fingerprint density at radius 1 is 0.569 bits per heavy atom. The number of para-hydroxylation sites is 2. The molecule has 3 N–H and O–H groups in total. The molecule has 0 bridgehead atoms. The Labute approximate surface area is 338 Å². The molecule has 0 unspecified atom stereocenters. The molecule has 0 aliphatic rings. The minimum absolute atomic E-state index is 0. The summed E-state index contributed by atoms with van der Waals surface area (Å²) in [5, 5.41) is 25.3. The first-order valence-corrected chi connectivity index (χ1v) is 15.7. The van der Waals surface area contributed by atoms with Crippen LogP contribution in [-0.2, 0) is 12.8 Å². The third-order valence-corrected chi connectivity index (χ3v) is 7.66. The van der Waals surface area contributed by atoms with Crippen LogP contribution in [0.4, 0.5) is 32.8 Å². The van der Waals surface area contributed by atoms with Crippen LogP contribution in [0.1, 0.15) is 25.0 Å². The van der Waals surface area contributed by atoms with E-state index in [0.29, 0.717) is 11.3 Å². The molecule has 0 fully saturated rings. The summed E-state index contributed by atoms with van der Waals surface area (Å²) in [5.41, 5.74) is 13.1. The van der Waals surface area contributed by atoms with Crippen molar-refractivity contribution in [2.24, 2.45) is 0 Å². The van der Waals surface area contributed by atoms with Crippen LogP contribution in [0.2, 0.25) is 0 Å². The molecule has 6 aromatic carbocycles. The second-order valence-corrected chi connectivity index (χ2v) is 10.8. The fourth-order valence-electron chi connectivity index (χ4n) is 5.01. The van der Waals surface area contributed by atoms with Gasteiger partial charge in [0.2, 0.25) is 5.82 Å². The largest absolute Gasteiger partial charge is 1.00 e. The SMILES string of the molecule is CCc1ccccc1N.CCc1ccccc1Nc1ccc(-c2ccccc2)cc1[N+](=O)[O-].O=[N+]([O-])c1cc(-c2ccccc2)ccc1F.[F-].[K+]. The van der Waals surface area contributed by atoms with Crippen LogP contribution in [0.5, 0.6) is 0 Å². The molecule has 0 aromatic heterocycles. The minimum atomic E-state index is -0.815. The Kier molecular flexibility index (Phi) is 17.8. The number of nitrogens with zero attached hydrogens (tertiary/aromatic N) is 2. The molecule has 0 amide bonds. The van der Waals surface area contributed by atoms with Gasteiger partial charge in [-0.15, -0.1) is 0 Å². The topological polar surface area (TPSA) is 124 Å². The maximum Gasteiger partial charge on any atom is 1.00 e. The smallest absolute Gasteiger partial charge is 1.00 e. The number of hydrogen-bond donors (Lipinski definition) is 2. The number of nitro benzene ring substituents is 2. The number of nitrogens with one attached hydrogen (secondary N) is 1. The van der Waals surface area contributed by atoms with Crippen molar-refractivity contribution in [3.8, 4) is 22.3 Å². The quantitative estimate of drug-likeness (QED) is 0.101. The maximum atomic E-state index is 13.1. The fourth-order valence-corrected chi connectivity index (χ4v) is 5.01. The van der Waals surface area contributed by atoms with Crippen LogP contribution in [0, 0.1) is 26.0 Å². The minimum Gasteiger partial charge on any atom is -1.00 e. The van der Waals surface area contributed by atoms with Crippen molar-refractivity contribution < 1.29 is 70.3 Å². The molecule has 0 spiro atoms. The van der Waals surface area contributed by atoms with Crippen LogP contribution in [0.25, 0.3) is 22.3 Å². The van der Waals surface area contributed by atoms with E-state index in [9.17, 15) is 24.6 Å². The second-order valence-electron chi connectivity index (χ2n) is 10.8. The summed E-state index contributed by atoms with van der Waals surface area (Å²) in [5.74, 6) is -0.815. The van der Waals surface area contributed by atoms with E-state index in [1.165, 1.54) is 17.7 Å². The van der Waals surface area contributed by atoms with E-state index in [2.05, 4.69) is 25.2 Å². The van der Waals surface area contributed by atoms with Crippen molar-refractivity contribution in [3.63, 3.8) is 0 Å². The maximum absolute atomic E-state index is 13.1. The van der Waals surface area contributed by atoms with Crippen molar-refractivity contribution in [1.29, 1.82) is 0 Å². The van der Waals surface area contributed by atoms with E-state index >= 15 is 0 Å². The van der Waals surface area contributed by atoms with E-state index in [1.54, 1.807) is 12.1 Å². The summed E-state index contributed by atoms with van der Waals surface area (Å²) < 4.78 is 13.1. The number of nitrogen functional groups attached to an aromatic ring is 1. The molecule has 0 radical (unpaired) electrons. The Hall–Kier alpha value is -4.78. The Morgan fingerprint density at radius 3 is 1.51 bits per heavy atom. The van der Waals surface area contributed by atoms with Crippen LogP contribution < -0.4 is 67.1 Å². The molecule has 0 aliphatic heterocycles. The van der Waals surface area contributed by atoms with Gasteiger partial charge in [0.25, 0.3) is 5.69 Å². The predicted octanol–water partition coefficient (Wildman–Crippen LogP) is 4.81. The molecule has 6 rings (SSSR count). The van der Waals surface area contributed by atoms with Gasteiger partial charge in [-0.3, -0.25) is 20.2 Å². The van der Waals surface area contributed by atoms with Gasteiger partial charge in [-0.05, 0) is 70.5 Å². The Balaban J connectivity index is 0.000000288. The first-order valence-electron chi connectivity index (χ1n) is 15.7. The van der Waals surface area contributed by atoms with Crippen molar-refractivity contribution >= 4 is 28.4 Å². The summed E-state index contributed by atoms with van der Waals surface area (Å²) in [6.07, 6.45) is 1.88. The third-order valence-electron chi connectivity index (χ3n) is 7.66. The number of nitro groups is 2. The molecule has 0 aliphatic carbocycles. The number of aryl methyl sites for hydroxylation is 2. The number of nitrogens with two attached hydrogens (primary N) is 1. The molecule has 0 saturated heterocycles. The van der Waals surface area contributed by atoms with Crippen LogP contribution in [-0.4, -0.2) is 9.85 Å². The van der Waals surface area contributed by atoms with E-state index in [0.717, 1.165) is 52.5 Å². The first-order chi connectivity index (χ1) is 23.7. The van der Waals surface area contributed by atoms with Gasteiger partial charge in [0.1, 0.15) is 5.69 Å². The molecule has 51 heavy (non-hydrogen) atoms. The monoisotopic (exact) mass is 714 g/mol. The van der Waals surface area contributed by atoms with Crippen LogP contribution in [0.15, 0.2) is 146 Å². The van der Waals surface area contributed by atoms with Crippen molar-refractivity contribution in [2.75, 3.05) is 11.1 Å². The van der Waals surface area contributed by atoms with Gasteiger partial charge >= 0.3 is 57.1 Å². The van der Waals surface area contributed by atoms with E-state index in [1.807, 2.05) is 109 Å². The van der Waals surface area contributed by atoms with Gasteiger partial charge in [0.15, 0.2) is 0 Å². The molecule has 11 heteroatoms. The number of benzene rings is 6. The second kappa shape index (κ2) is 21.4. The van der Waals surface area contributed by atoms with Gasteiger partial charge in [-0.25, -0.2) is 0 Å². The van der Waals surface area contributed by atoms with Crippen molar-refractivity contribution in [1.82, 2.24) is 0 Å². The van der Waals surface area contributed by atoms with E-state index in [-0.39, 0.29) is 66.7 Å². The molecule has 6 aromatic rings. The molecule has 0 heterocycles. The summed E-state index contributed by atoms with van der Waals surface area (Å²) >= 11 is 0. The third kappa shape index (κ3) is 12.2. The van der Waals surface area contributed by atoms with Gasteiger partial charge in [-0.1, -0.05) is 123 Å². The number of rotatable bonds is 8. The van der Waals surface area contributed by atoms with Gasteiger partial charge in [0.05, 0.1) is 9.85 Å². The zero-order valence-electron chi connectivity index (χ0n) is 28.6. The van der Waals surface area contributed by atoms with E-state index < -0.39 is 16.4 Å². The average Bonchev–Trinajstić information content (AvgIpc) is 3.13. The zero-order chi connectivity index (χ0) is 35.2. The average molecular weight is 715 g/mol. The number of halogens is 2. The molecule has 256 valence electrons. The number of hydrogen-bond acceptors (Lipinski definition) is 6. The van der Waals surface area contributed by atoms with Crippen molar-refractivity contribution in [3.05, 3.63) is 183 Å². The molecule has 0 atom stereocenters. The molecule has 0 saturated carbocycles. The summed E-state index contributed by atoms with van der Waals surface area (Å²) in [7, 11) is 0. The zero-order valence-corrected chi connectivity index (χ0v) is 31.8. The summed E-state index contributed by atoms with van der Waals surface area (Å²) in [4.78, 5) is 21.0. The normalized spacial score (nSPS) is 9.71. The standard InChI is InChI=1S/C20H18N2O2.C12H8FNO2.C8H11N.FH.K/c1-2-15-8-6-7-11-18(15)21-19-13-12-17(14-20(19)22(23)24)16-9-4-3-5-10-16;13-11-7-6-10(8-12(11)14(15)16)9-4-2-1-3-5-9;1-2-7-5-3-4-6-8(7)9;;/h3-14,21H,2H2,1H3;1-8H;3-6H,2,9H2,1H3;1H;/q;;;;+1/p-1. The summed E-state index contributed by atoms with van der Waals surface area (Å²) in [6, 6.07) is 43.7. The van der Waals surface area contributed by atoms with Crippen molar-refractivity contribution in [2.45, 2.75) is 26.7 Å².